The van der Waals surface area contributed by atoms with Gasteiger partial charge in [-0.2, -0.15) is 12.6 Å². The molecular weight excluding hydrogens is 514 g/mol. The van der Waals surface area contributed by atoms with Crippen molar-refractivity contribution in [2.45, 2.75) is 31.7 Å². The Morgan fingerprint density at radius 2 is 1.10 bits per heavy atom. The van der Waals surface area contributed by atoms with E-state index in [2.05, 4.69) is 12.6 Å². The number of hydrogen-bond donors (Lipinski definition) is 2. The van der Waals surface area contributed by atoms with E-state index in [0.717, 1.165) is 37.9 Å². The van der Waals surface area contributed by atoms with Gasteiger partial charge in [0.05, 0.1) is 26.1 Å². The summed E-state index contributed by atoms with van der Waals surface area (Å²) < 4.78 is 10.6. The zero-order valence-electron chi connectivity index (χ0n) is 22.3. The van der Waals surface area contributed by atoms with Crippen LogP contribution in [0.3, 0.4) is 0 Å². The van der Waals surface area contributed by atoms with Crippen LogP contribution in [-0.4, -0.2) is 53.8 Å². The van der Waals surface area contributed by atoms with E-state index < -0.39 is 35.7 Å². The number of thiol groups is 1. The third-order valence-corrected chi connectivity index (χ3v) is 7.47. The minimum atomic E-state index is -1.41. The highest BCUT2D eigenvalue weighted by Crippen LogP contribution is 2.30. The van der Waals surface area contributed by atoms with Crippen LogP contribution in [0.5, 0.6) is 11.5 Å². The van der Waals surface area contributed by atoms with Gasteiger partial charge < -0.3 is 14.6 Å². The molecule has 4 rings (SSSR count). The van der Waals surface area contributed by atoms with E-state index in [9.17, 15) is 19.5 Å². The van der Waals surface area contributed by atoms with Gasteiger partial charge in [-0.05, 0) is 70.8 Å². The molecule has 0 aliphatic rings. The van der Waals surface area contributed by atoms with Crippen molar-refractivity contribution >= 4 is 52.0 Å². The van der Waals surface area contributed by atoms with E-state index in [1.165, 1.54) is 0 Å². The fourth-order valence-electron chi connectivity index (χ4n) is 4.67. The van der Waals surface area contributed by atoms with Gasteiger partial charge in [-0.1, -0.05) is 48.5 Å². The maximum Gasteiger partial charge on any atom is 0.327 e. The molecule has 0 aliphatic heterocycles. The molecule has 0 saturated carbocycles. The van der Waals surface area contributed by atoms with Gasteiger partial charge >= 0.3 is 5.97 Å². The smallest absolute Gasteiger partial charge is 0.327 e. The Labute approximate surface area is 232 Å². The molecule has 39 heavy (non-hydrogen) atoms. The number of imide groups is 1. The van der Waals surface area contributed by atoms with E-state index in [4.69, 9.17) is 9.47 Å². The molecule has 202 valence electrons. The zero-order valence-corrected chi connectivity index (χ0v) is 23.1. The molecule has 8 heteroatoms. The number of amides is 2. The number of rotatable bonds is 9. The molecule has 4 aromatic rings. The predicted octanol–water partition coefficient (Wildman–Crippen LogP) is 5.66. The highest BCUT2D eigenvalue weighted by Gasteiger charge is 2.38. The maximum absolute atomic E-state index is 13.8. The van der Waals surface area contributed by atoms with E-state index in [1.54, 1.807) is 28.1 Å². The molecule has 0 aromatic heterocycles. The van der Waals surface area contributed by atoms with Crippen molar-refractivity contribution in [2.75, 3.05) is 20.0 Å². The first-order valence-electron chi connectivity index (χ1n) is 12.5. The lowest BCUT2D eigenvalue weighted by Gasteiger charge is -2.31. The lowest BCUT2D eigenvalue weighted by Crippen LogP contribution is -2.52. The number of fused-ring (bicyclic) bond motifs is 2. The fraction of sp³-hybridized carbons (Fsp3) is 0.258. The fourth-order valence-corrected chi connectivity index (χ4v) is 4.99. The van der Waals surface area contributed by atoms with Gasteiger partial charge in [0.1, 0.15) is 17.5 Å². The van der Waals surface area contributed by atoms with Crippen molar-refractivity contribution in [2.24, 2.45) is 0 Å². The summed E-state index contributed by atoms with van der Waals surface area (Å²) in [6.45, 7) is 3.36. The predicted molar refractivity (Wildman–Crippen MR) is 155 cm³/mol. The molecule has 0 fully saturated rings. The summed E-state index contributed by atoms with van der Waals surface area (Å²) in [4.78, 5) is 40.7. The van der Waals surface area contributed by atoms with Gasteiger partial charge in [-0.3, -0.25) is 14.5 Å². The molecule has 7 nitrogen and oxygen atoms in total. The van der Waals surface area contributed by atoms with Gasteiger partial charge in [0, 0.05) is 5.75 Å². The van der Waals surface area contributed by atoms with Crippen LogP contribution in [0.4, 0.5) is 0 Å². The van der Waals surface area contributed by atoms with Crippen LogP contribution >= 0.6 is 12.6 Å². The first kappa shape index (κ1) is 28.0. The summed E-state index contributed by atoms with van der Waals surface area (Å²) >= 11 is 4.18. The molecule has 0 aliphatic carbocycles. The van der Waals surface area contributed by atoms with Crippen LogP contribution in [0.15, 0.2) is 72.8 Å². The maximum atomic E-state index is 13.8. The third kappa shape index (κ3) is 5.71. The molecule has 0 heterocycles. The Balaban J connectivity index is 1.68. The molecule has 4 aromatic carbocycles. The number of ether oxygens (including phenoxy) is 2. The van der Waals surface area contributed by atoms with E-state index in [0.29, 0.717) is 11.1 Å². The average molecular weight is 546 g/mol. The van der Waals surface area contributed by atoms with Crippen LogP contribution < -0.4 is 9.47 Å². The minimum Gasteiger partial charge on any atom is -0.497 e. The van der Waals surface area contributed by atoms with Gasteiger partial charge in [-0.15, -0.1) is 0 Å². The second kappa shape index (κ2) is 11.8. The highest BCUT2D eigenvalue weighted by molar-refractivity contribution is 7.80. The first-order chi connectivity index (χ1) is 18.7. The number of aliphatic carboxylic acids is 1. The summed E-state index contributed by atoms with van der Waals surface area (Å²) in [6, 6.07) is 20.9. The molecule has 2 unspecified atom stereocenters. The normalized spacial score (nSPS) is 13.5. The largest absolute Gasteiger partial charge is 0.497 e. The number of carbonyl (C=O) groups is 3. The zero-order chi connectivity index (χ0) is 28.3. The Morgan fingerprint density at radius 3 is 1.46 bits per heavy atom. The Morgan fingerprint density at radius 1 is 0.718 bits per heavy atom. The number of carbonyl (C=O) groups excluding carboxylic acids is 2. The summed E-state index contributed by atoms with van der Waals surface area (Å²) in [5.41, 5.74) is 1.34. The average Bonchev–Trinajstić information content (AvgIpc) is 2.96. The summed E-state index contributed by atoms with van der Waals surface area (Å²) in [5, 5.41) is 13.6. The van der Waals surface area contributed by atoms with Crippen LogP contribution in [0, 0.1) is 0 Å². The Kier molecular flexibility index (Phi) is 8.45. The molecule has 1 N–H and O–H groups in total. The number of hydrogen-bond acceptors (Lipinski definition) is 6. The summed E-state index contributed by atoms with van der Waals surface area (Å²) in [7, 11) is 3.19. The third-order valence-electron chi connectivity index (χ3n) is 7.13. The second-order valence-electron chi connectivity index (χ2n) is 9.47. The van der Waals surface area contributed by atoms with Crippen molar-refractivity contribution in [3.63, 3.8) is 0 Å². The lowest BCUT2D eigenvalue weighted by atomic mass is 9.93. The van der Waals surface area contributed by atoms with Crippen molar-refractivity contribution in [1.29, 1.82) is 0 Å². The molecule has 3 atom stereocenters. The topological polar surface area (TPSA) is 93.1 Å². The minimum absolute atomic E-state index is 0.207. The van der Waals surface area contributed by atoms with Crippen LogP contribution in [-0.2, 0) is 14.4 Å². The van der Waals surface area contributed by atoms with E-state index >= 15 is 0 Å². The van der Waals surface area contributed by atoms with Crippen molar-refractivity contribution in [3.05, 3.63) is 83.9 Å². The number of methoxy groups -OCH3 is 2. The molecule has 0 bridgehead atoms. The quantitative estimate of drug-likeness (QED) is 0.264. The first-order valence-corrected chi connectivity index (χ1v) is 13.2. The monoisotopic (exact) mass is 545 g/mol. The summed E-state index contributed by atoms with van der Waals surface area (Å²) in [5.74, 6) is -2.77. The Bertz CT molecular complexity index is 1450. The number of carboxylic acids is 1. The second-order valence-corrected chi connectivity index (χ2v) is 9.84. The van der Waals surface area contributed by atoms with Crippen LogP contribution in [0.25, 0.3) is 21.5 Å². The standard InChI is InChI=1S/C31H31NO6S/c1-18(20-5-7-24-15-26(37-3)11-9-22(24)13-20)29(33)32(28(17-39)31(35)36)30(34)19(2)21-6-8-25-16-27(38-4)12-10-23(25)14-21/h5-16,18-19,28,39H,17H2,1-4H3,(H,35,36)/t18?,19?,28-/m0/s1. The molecule has 0 spiro atoms. The SMILES string of the molecule is COc1ccc2cc(C(C)C(=O)N(C(=O)C(C)c3ccc4cc(OC)ccc4c3)[C@@H](CS)C(=O)O)ccc2c1. The van der Waals surface area contributed by atoms with Gasteiger partial charge in [0.15, 0.2) is 0 Å². The van der Waals surface area contributed by atoms with Crippen LogP contribution in [0.2, 0.25) is 0 Å². The Hall–Kier alpha value is -4.04. The molecule has 0 radical (unpaired) electrons. The van der Waals surface area contributed by atoms with Gasteiger partial charge in [0.2, 0.25) is 11.8 Å². The van der Waals surface area contributed by atoms with E-state index in [-0.39, 0.29) is 5.75 Å². The number of nitrogens with zero attached hydrogens (tertiary/aromatic N) is 1. The number of carboxylic acid groups (broad SMARTS) is 1. The van der Waals surface area contributed by atoms with Crippen molar-refractivity contribution in [3.8, 4) is 11.5 Å². The molecule has 2 amide bonds. The van der Waals surface area contributed by atoms with Crippen molar-refractivity contribution < 1.29 is 29.0 Å². The molecular formula is C31H31NO6S. The highest BCUT2D eigenvalue weighted by atomic mass is 32.1. The lowest BCUT2D eigenvalue weighted by molar-refractivity contribution is -0.158. The van der Waals surface area contributed by atoms with Crippen molar-refractivity contribution in [1.82, 2.24) is 4.90 Å². The van der Waals surface area contributed by atoms with Gasteiger partial charge in [0.25, 0.3) is 0 Å². The van der Waals surface area contributed by atoms with Crippen LogP contribution in [0.1, 0.15) is 36.8 Å². The van der Waals surface area contributed by atoms with E-state index in [1.807, 2.05) is 72.8 Å². The van der Waals surface area contributed by atoms with Gasteiger partial charge in [-0.25, -0.2) is 4.79 Å². The summed E-state index contributed by atoms with van der Waals surface area (Å²) in [6.07, 6.45) is 0. The number of benzene rings is 4. The molecule has 0 saturated heterocycles.